The van der Waals surface area contributed by atoms with Crippen molar-refractivity contribution >= 4 is 16.5 Å². The molecule has 0 heterocycles. The summed E-state index contributed by atoms with van der Waals surface area (Å²) < 4.78 is 37.2. The van der Waals surface area contributed by atoms with Crippen molar-refractivity contribution in [1.82, 2.24) is 0 Å². The van der Waals surface area contributed by atoms with E-state index in [-0.39, 0.29) is 5.75 Å². The summed E-state index contributed by atoms with van der Waals surface area (Å²) in [5.41, 5.74) is 0.831. The Balaban J connectivity index is 0.000000505. The molecule has 130 valence electrons. The lowest BCUT2D eigenvalue weighted by molar-refractivity contribution is 0.162. The van der Waals surface area contributed by atoms with Gasteiger partial charge < -0.3 is 13.1 Å². The van der Waals surface area contributed by atoms with Crippen LogP contribution in [-0.4, -0.2) is 21.6 Å². The summed E-state index contributed by atoms with van der Waals surface area (Å²) in [4.78, 5) is 0. The Kier molecular flexibility index (Phi) is 9.26. The number of rotatable bonds is 7. The van der Waals surface area contributed by atoms with E-state index in [1.807, 2.05) is 44.2 Å². The first-order valence-electron chi connectivity index (χ1n) is 7.54. The highest BCUT2D eigenvalue weighted by Crippen LogP contribution is 2.12. The van der Waals surface area contributed by atoms with E-state index in [2.05, 4.69) is 4.18 Å². The van der Waals surface area contributed by atoms with Gasteiger partial charge >= 0.3 is 10.4 Å². The van der Waals surface area contributed by atoms with Gasteiger partial charge in [-0.15, -0.1) is 8.42 Å². The quantitative estimate of drug-likeness (QED) is 0.705. The Morgan fingerprint density at radius 2 is 1.42 bits per heavy atom. The zero-order valence-electron chi connectivity index (χ0n) is 13.8. The van der Waals surface area contributed by atoms with Crippen LogP contribution in [-0.2, 0) is 19.3 Å². The van der Waals surface area contributed by atoms with Crippen LogP contribution in [0.15, 0.2) is 66.9 Å². The highest BCUT2D eigenvalue weighted by Gasteiger charge is 2.11. The molecule has 0 aromatic heterocycles. The lowest BCUT2D eigenvalue weighted by Crippen LogP contribution is -2.09. The molecule has 0 bridgehead atoms. The standard InChI is InChI=1S/C14H12O4S.C4H10O/c15-19(16,18-14-9-5-2-6-10-14)17-12-11-13-7-3-1-4-8-13;1-3-5-4-2/h1-12H;3-4H2,1-2H3/b12-11+;. The topological polar surface area (TPSA) is 61.8 Å². The Labute approximate surface area is 143 Å². The van der Waals surface area contributed by atoms with Gasteiger partial charge in [0.05, 0.1) is 0 Å². The molecule has 0 atom stereocenters. The van der Waals surface area contributed by atoms with Crippen LogP contribution in [0, 0.1) is 0 Å². The van der Waals surface area contributed by atoms with Crippen LogP contribution in [0.25, 0.3) is 6.08 Å². The van der Waals surface area contributed by atoms with E-state index in [1.54, 1.807) is 18.2 Å². The predicted molar refractivity (Wildman–Crippen MR) is 94.7 cm³/mol. The SMILES string of the molecule is CCOCC.O=S(=O)(O/C=C/c1ccccc1)Oc1ccccc1. The normalized spacial score (nSPS) is 10.8. The van der Waals surface area contributed by atoms with Gasteiger partial charge in [-0.2, -0.15) is 0 Å². The molecule has 0 aliphatic carbocycles. The smallest absolute Gasteiger partial charge is 0.382 e. The number of hydrogen-bond acceptors (Lipinski definition) is 5. The molecule has 0 spiro atoms. The van der Waals surface area contributed by atoms with Crippen molar-refractivity contribution in [3.63, 3.8) is 0 Å². The number of benzene rings is 2. The number of para-hydroxylation sites is 1. The fourth-order valence-electron chi connectivity index (χ4n) is 1.56. The Morgan fingerprint density at radius 3 is 1.92 bits per heavy atom. The molecule has 0 radical (unpaired) electrons. The summed E-state index contributed by atoms with van der Waals surface area (Å²) in [7, 11) is -4.09. The molecule has 2 aromatic carbocycles. The van der Waals surface area contributed by atoms with Crippen molar-refractivity contribution in [3.8, 4) is 5.75 Å². The first kappa shape index (κ1) is 19.7. The van der Waals surface area contributed by atoms with Gasteiger partial charge in [-0.3, -0.25) is 0 Å². The number of hydrogen-bond donors (Lipinski definition) is 0. The fourth-order valence-corrected chi connectivity index (χ4v) is 2.13. The predicted octanol–water partition coefficient (Wildman–Crippen LogP) is 4.04. The van der Waals surface area contributed by atoms with Crippen LogP contribution in [0.4, 0.5) is 0 Å². The number of ether oxygens (including phenoxy) is 1. The van der Waals surface area contributed by atoms with Gasteiger partial charge in [0.25, 0.3) is 0 Å². The van der Waals surface area contributed by atoms with E-state index in [9.17, 15) is 8.42 Å². The van der Waals surface area contributed by atoms with E-state index >= 15 is 0 Å². The Bertz CT molecular complexity index is 680. The summed E-state index contributed by atoms with van der Waals surface area (Å²) >= 11 is 0. The molecule has 2 aromatic rings. The highest BCUT2D eigenvalue weighted by atomic mass is 32.3. The van der Waals surface area contributed by atoms with Gasteiger partial charge in [0.2, 0.25) is 0 Å². The maximum Gasteiger partial charge on any atom is 0.500 e. The van der Waals surface area contributed by atoms with Gasteiger partial charge in [-0.05, 0) is 37.6 Å². The minimum absolute atomic E-state index is 0.204. The minimum atomic E-state index is -4.09. The van der Waals surface area contributed by atoms with Crippen molar-refractivity contribution in [2.45, 2.75) is 13.8 Å². The molecule has 0 aliphatic rings. The Hall–Kier alpha value is -2.31. The maximum atomic E-state index is 11.5. The van der Waals surface area contributed by atoms with Crippen molar-refractivity contribution in [2.24, 2.45) is 0 Å². The zero-order valence-corrected chi connectivity index (χ0v) is 14.6. The van der Waals surface area contributed by atoms with E-state index in [4.69, 9.17) is 8.92 Å². The molecule has 24 heavy (non-hydrogen) atoms. The lowest BCUT2D eigenvalue weighted by atomic mass is 10.2. The monoisotopic (exact) mass is 350 g/mol. The first-order chi connectivity index (χ1) is 11.6. The van der Waals surface area contributed by atoms with Crippen LogP contribution >= 0.6 is 0 Å². The largest absolute Gasteiger partial charge is 0.500 e. The average molecular weight is 350 g/mol. The van der Waals surface area contributed by atoms with Gasteiger partial charge in [0.1, 0.15) is 12.0 Å². The molecule has 0 saturated heterocycles. The van der Waals surface area contributed by atoms with Crippen LogP contribution < -0.4 is 4.18 Å². The van der Waals surface area contributed by atoms with Crippen molar-refractivity contribution < 1.29 is 21.5 Å². The van der Waals surface area contributed by atoms with E-state index in [1.165, 1.54) is 18.2 Å². The van der Waals surface area contributed by atoms with Crippen LogP contribution in [0.2, 0.25) is 0 Å². The Morgan fingerprint density at radius 1 is 0.875 bits per heavy atom. The second kappa shape index (κ2) is 11.3. The highest BCUT2D eigenvalue weighted by molar-refractivity contribution is 7.82. The molecule has 5 nitrogen and oxygen atoms in total. The molecule has 0 unspecified atom stereocenters. The molecule has 6 heteroatoms. The summed E-state index contributed by atoms with van der Waals surface area (Å²) in [6, 6.07) is 17.4. The minimum Gasteiger partial charge on any atom is -0.382 e. The molecule has 2 rings (SSSR count). The molecule has 0 fully saturated rings. The second-order valence-electron chi connectivity index (χ2n) is 4.40. The van der Waals surface area contributed by atoms with Crippen molar-refractivity contribution in [2.75, 3.05) is 13.2 Å². The third-order valence-electron chi connectivity index (χ3n) is 2.58. The second-order valence-corrected chi connectivity index (χ2v) is 5.57. The van der Waals surface area contributed by atoms with E-state index in [0.717, 1.165) is 25.0 Å². The lowest BCUT2D eigenvalue weighted by Gasteiger charge is -2.04. The van der Waals surface area contributed by atoms with Gasteiger partial charge in [-0.25, -0.2) is 0 Å². The van der Waals surface area contributed by atoms with Crippen molar-refractivity contribution in [3.05, 3.63) is 72.5 Å². The average Bonchev–Trinajstić information content (AvgIpc) is 2.57. The summed E-state index contributed by atoms with van der Waals surface area (Å²) in [5.74, 6) is 0.204. The summed E-state index contributed by atoms with van der Waals surface area (Å²) in [6.45, 7) is 5.67. The fraction of sp³-hybridized carbons (Fsp3) is 0.222. The van der Waals surface area contributed by atoms with Crippen LogP contribution in [0.3, 0.4) is 0 Å². The maximum absolute atomic E-state index is 11.5. The zero-order chi connectivity index (χ0) is 17.7. The molecule has 0 N–H and O–H groups in total. The molecular weight excluding hydrogens is 328 g/mol. The summed E-state index contributed by atoms with van der Waals surface area (Å²) in [6.07, 6.45) is 2.61. The van der Waals surface area contributed by atoms with E-state index < -0.39 is 10.4 Å². The molecule has 0 amide bonds. The van der Waals surface area contributed by atoms with Crippen molar-refractivity contribution in [1.29, 1.82) is 0 Å². The first-order valence-corrected chi connectivity index (χ1v) is 8.87. The third-order valence-corrected chi connectivity index (χ3v) is 3.33. The summed E-state index contributed by atoms with van der Waals surface area (Å²) in [5, 5.41) is 0. The molecule has 0 saturated carbocycles. The van der Waals surface area contributed by atoms with Gasteiger partial charge in [0, 0.05) is 13.2 Å². The van der Waals surface area contributed by atoms with Crippen LogP contribution in [0.1, 0.15) is 19.4 Å². The molecule has 0 aliphatic heterocycles. The van der Waals surface area contributed by atoms with E-state index in [0.29, 0.717) is 0 Å². The van der Waals surface area contributed by atoms with Gasteiger partial charge in [-0.1, -0.05) is 48.5 Å². The van der Waals surface area contributed by atoms with Crippen LogP contribution in [0.5, 0.6) is 5.75 Å². The molecular formula is C18H22O5S. The third kappa shape index (κ3) is 8.97. The van der Waals surface area contributed by atoms with Gasteiger partial charge in [0.15, 0.2) is 0 Å².